The third kappa shape index (κ3) is 12.2. The number of hydrogen-bond acceptors (Lipinski definition) is 2. The molecule has 0 radical (unpaired) electrons. The van der Waals surface area contributed by atoms with Gasteiger partial charge in [0.25, 0.3) is 0 Å². The van der Waals surface area contributed by atoms with Gasteiger partial charge in [-0.1, -0.05) is 195 Å². The molecule has 0 saturated heterocycles. The predicted molar refractivity (Wildman–Crippen MR) is 281 cm³/mol. The average Bonchev–Trinajstić information content (AvgIpc) is 3.66. The minimum atomic E-state index is 0.931. The van der Waals surface area contributed by atoms with Crippen molar-refractivity contribution in [3.8, 4) is 51.9 Å². The van der Waals surface area contributed by atoms with E-state index in [1.165, 1.54) is 39.4 Å². The highest BCUT2D eigenvalue weighted by Gasteiger charge is 2.17. The third-order valence-corrected chi connectivity index (χ3v) is 10.7. The van der Waals surface area contributed by atoms with Crippen LogP contribution in [-0.2, 0) is 0 Å². The first-order chi connectivity index (χ1) is 31.4. The molecule has 1 heterocycles. The Hall–Kier alpha value is -7.80. The van der Waals surface area contributed by atoms with Crippen LogP contribution in [0, 0.1) is 32.1 Å². The molecule has 0 unspecified atom stereocenters. The van der Waals surface area contributed by atoms with Gasteiger partial charge in [0.15, 0.2) is 0 Å². The molecule has 0 amide bonds. The summed E-state index contributed by atoms with van der Waals surface area (Å²) in [6.07, 6.45) is 21.8. The molecule has 1 N–H and O–H groups in total. The van der Waals surface area contributed by atoms with Crippen LogP contribution in [-0.4, -0.2) is 16.5 Å². The molecule has 64 heavy (non-hydrogen) atoms. The molecule has 1 aromatic heterocycles. The molecule has 3 nitrogen and oxygen atoms in total. The molecule has 0 bridgehead atoms. The number of aliphatic imine (C=N–C) groups is 1. The molecule has 0 aliphatic heterocycles. The van der Waals surface area contributed by atoms with Crippen LogP contribution in [0.15, 0.2) is 206 Å². The van der Waals surface area contributed by atoms with Gasteiger partial charge in [-0.2, -0.15) is 0 Å². The molecular formula is C61H59N3. The fraction of sp³-hybridized carbons (Fsp3) is 0.115. The number of allylic oxidation sites excluding steroid dienone is 3. The lowest BCUT2D eigenvalue weighted by Gasteiger charge is -2.14. The van der Waals surface area contributed by atoms with Crippen LogP contribution >= 0.6 is 0 Å². The van der Waals surface area contributed by atoms with Gasteiger partial charge in [0.05, 0.1) is 16.9 Å². The van der Waals surface area contributed by atoms with Gasteiger partial charge in [-0.3, -0.25) is 4.99 Å². The second-order valence-electron chi connectivity index (χ2n) is 15.1. The largest absolute Gasteiger partial charge is 0.313 e. The van der Waals surface area contributed by atoms with Crippen molar-refractivity contribution in [2.45, 2.75) is 47.5 Å². The van der Waals surface area contributed by atoms with Crippen LogP contribution in [0.1, 0.15) is 61.6 Å². The number of fused-ring (bicyclic) bond motifs is 1. The summed E-state index contributed by atoms with van der Waals surface area (Å²) < 4.78 is 2.33. The van der Waals surface area contributed by atoms with Gasteiger partial charge in [0.1, 0.15) is 0 Å². The topological polar surface area (TPSA) is 41.1 Å². The van der Waals surface area contributed by atoms with Crippen molar-refractivity contribution in [2.75, 3.05) is 0 Å². The average molecular weight is 834 g/mol. The van der Waals surface area contributed by atoms with E-state index in [1.54, 1.807) is 0 Å². The normalized spacial score (nSPS) is 10.9. The van der Waals surface area contributed by atoms with Gasteiger partial charge >= 0.3 is 0 Å². The fourth-order valence-corrected chi connectivity index (χ4v) is 7.36. The first kappa shape index (κ1) is 47.3. The number of aryl methyl sites for hydroxylation is 2. The second-order valence-corrected chi connectivity index (χ2v) is 15.1. The number of para-hydroxylation sites is 1. The highest BCUT2D eigenvalue weighted by atomic mass is 15.0. The summed E-state index contributed by atoms with van der Waals surface area (Å²) in [4.78, 5) is 5.11. The molecule has 3 heteroatoms. The molecule has 0 spiro atoms. The highest BCUT2D eigenvalue weighted by molar-refractivity contribution is 6.02. The maximum absolute atomic E-state index is 6.48. The summed E-state index contributed by atoms with van der Waals surface area (Å²) >= 11 is 0. The van der Waals surface area contributed by atoms with Crippen LogP contribution in [0.25, 0.3) is 62.1 Å². The van der Waals surface area contributed by atoms with Crippen molar-refractivity contribution in [1.29, 1.82) is 5.41 Å². The van der Waals surface area contributed by atoms with Gasteiger partial charge in [0, 0.05) is 27.9 Å². The molecule has 8 aromatic rings. The maximum atomic E-state index is 6.48. The first-order valence-corrected chi connectivity index (χ1v) is 21.8. The van der Waals surface area contributed by atoms with Crippen molar-refractivity contribution in [3.05, 3.63) is 229 Å². The number of rotatable bonds is 11. The zero-order valence-electron chi connectivity index (χ0n) is 37.9. The smallest absolute Gasteiger partial charge is 0.0711 e. The van der Waals surface area contributed by atoms with E-state index in [0.29, 0.717) is 0 Å². The minimum absolute atomic E-state index is 0.931. The Bertz CT molecular complexity index is 2840. The van der Waals surface area contributed by atoms with E-state index >= 15 is 0 Å². The molecule has 8 rings (SSSR count). The van der Waals surface area contributed by atoms with Crippen molar-refractivity contribution >= 4 is 40.7 Å². The van der Waals surface area contributed by atoms with E-state index in [2.05, 4.69) is 222 Å². The molecule has 7 aromatic carbocycles. The van der Waals surface area contributed by atoms with Crippen LogP contribution in [0.2, 0.25) is 0 Å². The number of hydrogen-bond donors (Lipinski definition) is 1. The third-order valence-electron chi connectivity index (χ3n) is 10.7. The lowest BCUT2D eigenvalue weighted by molar-refractivity contribution is 1.00. The van der Waals surface area contributed by atoms with Crippen molar-refractivity contribution in [1.82, 2.24) is 4.57 Å². The van der Waals surface area contributed by atoms with Gasteiger partial charge < -0.3 is 9.98 Å². The van der Waals surface area contributed by atoms with Gasteiger partial charge in [-0.25, -0.2) is 0 Å². The van der Waals surface area contributed by atoms with E-state index in [4.69, 9.17) is 10.4 Å². The maximum Gasteiger partial charge on any atom is 0.0711 e. The Morgan fingerprint density at radius 3 is 1.83 bits per heavy atom. The Morgan fingerprint density at radius 2 is 1.23 bits per heavy atom. The number of unbranched alkanes of at least 4 members (excludes halogenated alkanes) is 1. The summed E-state index contributed by atoms with van der Waals surface area (Å²) in [5.41, 5.74) is 17.1. The second kappa shape index (κ2) is 24.6. The summed E-state index contributed by atoms with van der Waals surface area (Å²) in [5.74, 6) is 0. The van der Waals surface area contributed by atoms with Crippen molar-refractivity contribution in [3.63, 3.8) is 0 Å². The molecule has 318 valence electrons. The number of benzene rings is 7. The summed E-state index contributed by atoms with van der Waals surface area (Å²) in [6, 6.07) is 62.0. The summed E-state index contributed by atoms with van der Waals surface area (Å²) in [5, 5.41) is 7.66. The lowest BCUT2D eigenvalue weighted by Crippen LogP contribution is -1.97. The number of terminal acetylenes is 1. The lowest BCUT2D eigenvalue weighted by atomic mass is 9.93. The van der Waals surface area contributed by atoms with Crippen LogP contribution in [0.5, 0.6) is 0 Å². The fourth-order valence-electron chi connectivity index (χ4n) is 7.36. The number of aromatic nitrogens is 1. The summed E-state index contributed by atoms with van der Waals surface area (Å²) in [6.45, 7) is 14.7. The Kier molecular flexibility index (Phi) is 18.2. The zero-order chi connectivity index (χ0) is 45.7. The molecule has 0 atom stereocenters. The number of nitrogens with one attached hydrogen (secondary N) is 1. The van der Waals surface area contributed by atoms with E-state index in [-0.39, 0.29) is 0 Å². The molecule has 0 aliphatic carbocycles. The van der Waals surface area contributed by atoms with E-state index in [9.17, 15) is 0 Å². The van der Waals surface area contributed by atoms with Crippen molar-refractivity contribution in [2.24, 2.45) is 4.99 Å². The standard InChI is InChI=1S/C48H40N2.C7H8.C4H9N.C2H2/c1-5-7-10-22-43-44-31-28-40(33-48(44)50(47(43)6-2)41-29-26-38(27-30-41)37-19-13-9-14-20-37)39-25-24-34(3)45(32-39)42-21-15-16-23-46(42)49-35(4)36-17-11-8-12-18-36;1-7-5-3-2-4-6-7;1-2-3-4-5;1-2/h5-33H,2H2,1,3-4H3;2-6H,1H3;4-5H,2-3H2,1H3;1-2H/b7-5-,22-10-,49-35?;;;. The minimum Gasteiger partial charge on any atom is -0.313 e. The molecule has 0 fully saturated rings. The Morgan fingerprint density at radius 1 is 0.656 bits per heavy atom. The zero-order valence-corrected chi connectivity index (χ0v) is 37.9. The highest BCUT2D eigenvalue weighted by Crippen LogP contribution is 2.38. The van der Waals surface area contributed by atoms with Crippen LogP contribution in [0.3, 0.4) is 0 Å². The van der Waals surface area contributed by atoms with Gasteiger partial charge in [0.2, 0.25) is 0 Å². The summed E-state index contributed by atoms with van der Waals surface area (Å²) in [7, 11) is 0. The predicted octanol–water partition coefficient (Wildman–Crippen LogP) is 17.0. The van der Waals surface area contributed by atoms with E-state index in [0.717, 1.165) is 69.0 Å². The van der Waals surface area contributed by atoms with Gasteiger partial charge in [-0.05, 0) is 116 Å². The quantitative estimate of drug-likeness (QED) is 0.0766. The number of nitrogens with zero attached hydrogens (tertiary/aromatic N) is 2. The first-order valence-electron chi connectivity index (χ1n) is 21.8. The molecular weight excluding hydrogens is 775 g/mol. The van der Waals surface area contributed by atoms with Crippen LogP contribution < -0.4 is 0 Å². The van der Waals surface area contributed by atoms with Crippen LogP contribution in [0.4, 0.5) is 5.69 Å². The van der Waals surface area contributed by atoms with E-state index in [1.807, 2.05) is 43.3 Å². The van der Waals surface area contributed by atoms with Crippen molar-refractivity contribution < 1.29 is 0 Å². The molecule has 0 saturated carbocycles. The Balaban J connectivity index is 0.000000477. The monoisotopic (exact) mass is 833 g/mol. The van der Waals surface area contributed by atoms with E-state index < -0.39 is 0 Å². The molecule has 0 aliphatic rings. The SMILES string of the molecule is C#C.C=Cc1c(/C=C\C=C/C)c2ccc(-c3ccc(C)c(-c4ccccc4N=C(C)c4ccccc4)c3)cc2n1-c1ccc(-c2ccccc2)cc1.CCCC=N.Cc1ccccc1. The Labute approximate surface area is 382 Å². The van der Waals surface area contributed by atoms with Gasteiger partial charge in [-0.15, -0.1) is 12.8 Å².